The minimum absolute atomic E-state index is 0. The molecule has 0 aromatic heterocycles. The molecule has 106 valence electrons. The van der Waals surface area contributed by atoms with Crippen molar-refractivity contribution in [2.24, 2.45) is 16.5 Å². The maximum absolute atomic E-state index is 5.31. The van der Waals surface area contributed by atoms with E-state index in [2.05, 4.69) is 34.2 Å². The Morgan fingerprint density at radius 1 is 1.00 bits per heavy atom. The number of hydrogen-bond acceptors (Lipinski definition) is 2. The quantitative estimate of drug-likeness (QED) is 0.482. The van der Waals surface area contributed by atoms with Crippen molar-refractivity contribution in [1.29, 1.82) is 0 Å². The highest BCUT2D eigenvalue weighted by Gasteiger charge is 2.09. The minimum atomic E-state index is 0. The SMILES string of the molecule is I.NC(N)=NCc1ccc(CN2CCCCC2)cc1. The molecule has 0 amide bonds. The van der Waals surface area contributed by atoms with E-state index in [0.717, 1.165) is 12.1 Å². The number of aliphatic imine (C=N–C) groups is 1. The highest BCUT2D eigenvalue weighted by molar-refractivity contribution is 14.0. The Kier molecular flexibility index (Phi) is 7.15. The van der Waals surface area contributed by atoms with Crippen LogP contribution in [-0.4, -0.2) is 23.9 Å². The summed E-state index contributed by atoms with van der Waals surface area (Å²) in [6.45, 7) is 4.08. The van der Waals surface area contributed by atoms with Gasteiger partial charge in [-0.25, -0.2) is 4.99 Å². The van der Waals surface area contributed by atoms with Crippen LogP contribution in [-0.2, 0) is 13.1 Å². The summed E-state index contributed by atoms with van der Waals surface area (Å²) >= 11 is 0. The van der Waals surface area contributed by atoms with Gasteiger partial charge in [0.05, 0.1) is 6.54 Å². The van der Waals surface area contributed by atoms with Crippen LogP contribution in [0.2, 0.25) is 0 Å². The van der Waals surface area contributed by atoms with Crippen molar-refractivity contribution in [3.05, 3.63) is 35.4 Å². The van der Waals surface area contributed by atoms with Crippen LogP contribution in [0.3, 0.4) is 0 Å². The van der Waals surface area contributed by atoms with Gasteiger partial charge in [0.2, 0.25) is 0 Å². The molecule has 4 nitrogen and oxygen atoms in total. The molecule has 0 atom stereocenters. The summed E-state index contributed by atoms with van der Waals surface area (Å²) < 4.78 is 0. The molecule has 1 fully saturated rings. The molecule has 1 saturated heterocycles. The summed E-state index contributed by atoms with van der Waals surface area (Å²) in [6.07, 6.45) is 4.05. The van der Waals surface area contributed by atoms with E-state index in [4.69, 9.17) is 11.5 Å². The van der Waals surface area contributed by atoms with E-state index >= 15 is 0 Å². The average molecular weight is 374 g/mol. The van der Waals surface area contributed by atoms with E-state index in [1.165, 1.54) is 37.9 Å². The van der Waals surface area contributed by atoms with Crippen LogP contribution in [0.1, 0.15) is 30.4 Å². The Morgan fingerprint density at radius 3 is 2.16 bits per heavy atom. The van der Waals surface area contributed by atoms with E-state index in [0.29, 0.717) is 6.54 Å². The maximum Gasteiger partial charge on any atom is 0.186 e. The predicted molar refractivity (Wildman–Crippen MR) is 90.5 cm³/mol. The molecule has 5 heteroatoms. The van der Waals surface area contributed by atoms with Crippen molar-refractivity contribution in [3.8, 4) is 0 Å². The molecule has 1 aliphatic rings. The van der Waals surface area contributed by atoms with Gasteiger partial charge in [-0.3, -0.25) is 4.90 Å². The molecule has 2 rings (SSSR count). The highest BCUT2D eigenvalue weighted by atomic mass is 127. The fraction of sp³-hybridized carbons (Fsp3) is 0.500. The number of benzene rings is 1. The van der Waals surface area contributed by atoms with Crippen molar-refractivity contribution in [1.82, 2.24) is 4.90 Å². The fourth-order valence-corrected chi connectivity index (χ4v) is 2.31. The zero-order valence-corrected chi connectivity index (χ0v) is 13.5. The van der Waals surface area contributed by atoms with E-state index in [1.54, 1.807) is 0 Å². The van der Waals surface area contributed by atoms with Gasteiger partial charge < -0.3 is 11.5 Å². The molecular formula is C14H23IN4. The Morgan fingerprint density at radius 2 is 1.58 bits per heavy atom. The lowest BCUT2D eigenvalue weighted by Crippen LogP contribution is -2.29. The molecule has 0 spiro atoms. The Labute approximate surface area is 132 Å². The van der Waals surface area contributed by atoms with Gasteiger partial charge in [0.15, 0.2) is 5.96 Å². The van der Waals surface area contributed by atoms with Crippen LogP contribution in [0.25, 0.3) is 0 Å². The molecule has 0 aliphatic carbocycles. The number of hydrogen-bond donors (Lipinski definition) is 2. The van der Waals surface area contributed by atoms with Crippen LogP contribution in [0.15, 0.2) is 29.3 Å². The first-order valence-electron chi connectivity index (χ1n) is 6.59. The summed E-state index contributed by atoms with van der Waals surface area (Å²) in [4.78, 5) is 6.52. The lowest BCUT2D eigenvalue weighted by atomic mass is 10.1. The molecule has 0 saturated carbocycles. The molecule has 0 bridgehead atoms. The third kappa shape index (κ3) is 5.78. The smallest absolute Gasteiger partial charge is 0.186 e. The minimum Gasteiger partial charge on any atom is -0.370 e. The first kappa shape index (κ1) is 16.2. The second-order valence-corrected chi connectivity index (χ2v) is 4.89. The van der Waals surface area contributed by atoms with Gasteiger partial charge >= 0.3 is 0 Å². The van der Waals surface area contributed by atoms with E-state index in [1.807, 2.05) is 0 Å². The van der Waals surface area contributed by atoms with Crippen LogP contribution >= 0.6 is 24.0 Å². The Bertz CT molecular complexity index is 392. The van der Waals surface area contributed by atoms with Gasteiger partial charge in [-0.15, -0.1) is 24.0 Å². The van der Waals surface area contributed by atoms with Crippen LogP contribution in [0.4, 0.5) is 0 Å². The molecule has 0 radical (unpaired) electrons. The van der Waals surface area contributed by atoms with Gasteiger partial charge in [0, 0.05) is 6.54 Å². The Balaban J connectivity index is 0.00000180. The normalized spacial score (nSPS) is 15.6. The van der Waals surface area contributed by atoms with E-state index in [9.17, 15) is 0 Å². The number of piperidine rings is 1. The van der Waals surface area contributed by atoms with Gasteiger partial charge in [-0.2, -0.15) is 0 Å². The molecule has 0 unspecified atom stereocenters. The number of rotatable bonds is 4. The lowest BCUT2D eigenvalue weighted by molar-refractivity contribution is 0.221. The lowest BCUT2D eigenvalue weighted by Gasteiger charge is -2.26. The van der Waals surface area contributed by atoms with Gasteiger partial charge in [-0.1, -0.05) is 30.7 Å². The highest BCUT2D eigenvalue weighted by Crippen LogP contribution is 2.13. The summed E-state index contributed by atoms with van der Waals surface area (Å²) in [5, 5.41) is 0. The van der Waals surface area contributed by atoms with Crippen molar-refractivity contribution in [2.75, 3.05) is 13.1 Å². The number of nitrogens with two attached hydrogens (primary N) is 2. The zero-order valence-electron chi connectivity index (χ0n) is 11.2. The Hall–Kier alpha value is -0.820. The zero-order chi connectivity index (χ0) is 12.8. The molecular weight excluding hydrogens is 351 g/mol. The number of guanidine groups is 1. The third-order valence-corrected chi connectivity index (χ3v) is 3.32. The van der Waals surface area contributed by atoms with Gasteiger partial charge in [0.25, 0.3) is 0 Å². The van der Waals surface area contributed by atoms with Crippen LogP contribution < -0.4 is 11.5 Å². The van der Waals surface area contributed by atoms with Crippen molar-refractivity contribution in [2.45, 2.75) is 32.4 Å². The van der Waals surface area contributed by atoms with Crippen molar-refractivity contribution >= 4 is 29.9 Å². The summed E-state index contributed by atoms with van der Waals surface area (Å²) in [5.74, 6) is 0.146. The second kappa shape index (κ2) is 8.37. The molecule has 19 heavy (non-hydrogen) atoms. The monoisotopic (exact) mass is 374 g/mol. The van der Waals surface area contributed by atoms with Crippen molar-refractivity contribution < 1.29 is 0 Å². The van der Waals surface area contributed by atoms with Gasteiger partial charge in [0.1, 0.15) is 0 Å². The average Bonchev–Trinajstić information content (AvgIpc) is 2.39. The molecule has 1 heterocycles. The first-order valence-corrected chi connectivity index (χ1v) is 6.59. The topological polar surface area (TPSA) is 67.6 Å². The molecule has 1 aromatic carbocycles. The summed E-state index contributed by atoms with van der Waals surface area (Å²) in [6, 6.07) is 8.55. The van der Waals surface area contributed by atoms with Crippen LogP contribution in [0.5, 0.6) is 0 Å². The molecule has 1 aliphatic heterocycles. The fourth-order valence-electron chi connectivity index (χ4n) is 2.31. The maximum atomic E-state index is 5.31. The number of halogens is 1. The van der Waals surface area contributed by atoms with Gasteiger partial charge in [-0.05, 0) is 37.1 Å². The third-order valence-electron chi connectivity index (χ3n) is 3.32. The predicted octanol–water partition coefficient (Wildman–Crippen LogP) is 2.06. The van der Waals surface area contributed by atoms with Crippen LogP contribution in [0, 0.1) is 0 Å². The number of likely N-dealkylation sites (tertiary alicyclic amines) is 1. The largest absolute Gasteiger partial charge is 0.370 e. The second-order valence-electron chi connectivity index (χ2n) is 4.89. The number of nitrogens with zero attached hydrogens (tertiary/aromatic N) is 2. The molecule has 1 aromatic rings. The first-order chi connectivity index (χ1) is 8.74. The van der Waals surface area contributed by atoms with E-state index in [-0.39, 0.29) is 29.9 Å². The van der Waals surface area contributed by atoms with E-state index < -0.39 is 0 Å². The standard InChI is InChI=1S/C14H22N4.HI/c15-14(16)17-10-12-4-6-13(7-5-12)11-18-8-2-1-3-9-18;/h4-7H,1-3,8-11H2,(H4,15,16,17);1H. The molecule has 4 N–H and O–H groups in total. The van der Waals surface area contributed by atoms with Crippen molar-refractivity contribution in [3.63, 3.8) is 0 Å². The summed E-state index contributed by atoms with van der Waals surface area (Å²) in [7, 11) is 0. The summed E-state index contributed by atoms with van der Waals surface area (Å²) in [5.41, 5.74) is 13.1.